The molecule has 4 N–H and O–H groups in total. The minimum absolute atomic E-state index is 0.0439. The maximum Gasteiger partial charge on any atom is 0.417 e. The van der Waals surface area contributed by atoms with Crippen LogP contribution < -0.4 is 26.0 Å². The zero-order chi connectivity index (χ0) is 32.0. The van der Waals surface area contributed by atoms with E-state index in [1.54, 1.807) is 11.8 Å². The fourth-order valence-electron chi connectivity index (χ4n) is 5.73. The number of carbonyl (C=O) groups is 1. The van der Waals surface area contributed by atoms with Gasteiger partial charge in [0, 0.05) is 25.2 Å². The van der Waals surface area contributed by atoms with Crippen LogP contribution in [0.3, 0.4) is 0 Å². The topological polar surface area (TPSA) is 128 Å². The molecule has 2 aromatic heterocycles. The summed E-state index contributed by atoms with van der Waals surface area (Å²) in [5.41, 5.74) is 0.405. The van der Waals surface area contributed by atoms with E-state index >= 15 is 4.39 Å². The fourth-order valence-corrected chi connectivity index (χ4v) is 5.73. The van der Waals surface area contributed by atoms with Crippen LogP contribution in [0, 0.1) is 18.6 Å². The van der Waals surface area contributed by atoms with E-state index in [0.29, 0.717) is 39.0 Å². The number of anilines is 3. The van der Waals surface area contributed by atoms with Gasteiger partial charge in [-0.05, 0) is 44.9 Å². The third kappa shape index (κ3) is 5.41. The maximum absolute atomic E-state index is 16.5. The van der Waals surface area contributed by atoms with E-state index in [1.807, 2.05) is 13.8 Å². The van der Waals surface area contributed by atoms with Crippen molar-refractivity contribution in [1.29, 1.82) is 0 Å². The number of nitrogens with two attached hydrogens (primary N) is 1. The Bertz CT molecular complexity index is 1600. The lowest BCUT2D eigenvalue weighted by molar-refractivity contribution is -0.138. The van der Waals surface area contributed by atoms with Gasteiger partial charge in [-0.25, -0.2) is 18.7 Å². The summed E-state index contributed by atoms with van der Waals surface area (Å²) in [6.07, 6.45) is -4.30. The number of nitrogens with zero attached hydrogens (tertiary/aromatic N) is 4. The number of nitrogens with one attached hydrogen (secondary N) is 2. The first kappa shape index (κ1) is 31.4. The lowest BCUT2D eigenvalue weighted by Crippen LogP contribution is -2.61. The van der Waals surface area contributed by atoms with Gasteiger partial charge in [-0.15, -0.1) is 0 Å². The molecule has 238 valence electrons. The molecule has 5 heterocycles. The van der Waals surface area contributed by atoms with Crippen LogP contribution in [0.25, 0.3) is 22.2 Å². The van der Waals surface area contributed by atoms with Crippen molar-refractivity contribution in [2.24, 2.45) is 0 Å². The zero-order valence-corrected chi connectivity index (χ0v) is 24.8. The molecule has 0 aliphatic carbocycles. The molecule has 2 atom stereocenters. The standard InChI is InChI=1S/C27H28F5N7O3.C2H6/c1-12-3-5-34-6-7-35-23-17-22(37-25(38-23)39-8-4-26(39)10-16(40)41-11-26)20(29)21(36-24(17)42-12)14-9-15(33)19(28)13(2)18(14)27(30,31)32;1-2/h9,12,34H,3-8,10-11,33H2,1-2H3,(H,35,37,38);1-2H3. The number of ether oxygens (including phenoxy) is 2. The summed E-state index contributed by atoms with van der Waals surface area (Å²) >= 11 is 0. The Kier molecular flexibility index (Phi) is 8.44. The van der Waals surface area contributed by atoms with Crippen molar-refractivity contribution in [2.75, 3.05) is 48.7 Å². The van der Waals surface area contributed by atoms with Gasteiger partial charge < -0.3 is 30.7 Å². The first-order chi connectivity index (χ1) is 20.9. The molecule has 0 bridgehead atoms. The van der Waals surface area contributed by atoms with Crippen LogP contribution in [0.15, 0.2) is 6.07 Å². The Morgan fingerprint density at radius 3 is 2.50 bits per heavy atom. The van der Waals surface area contributed by atoms with Gasteiger partial charge in [-0.2, -0.15) is 18.2 Å². The Morgan fingerprint density at radius 2 is 1.86 bits per heavy atom. The maximum atomic E-state index is 16.5. The summed E-state index contributed by atoms with van der Waals surface area (Å²) in [5.74, 6) is -2.77. The predicted octanol–water partition coefficient (Wildman–Crippen LogP) is 4.97. The van der Waals surface area contributed by atoms with Crippen molar-refractivity contribution in [2.45, 2.75) is 64.8 Å². The zero-order valence-electron chi connectivity index (χ0n) is 24.8. The quantitative estimate of drug-likeness (QED) is 0.205. The molecule has 10 nitrogen and oxygen atoms in total. The normalized spacial score (nSPS) is 21.9. The molecule has 1 spiro atoms. The van der Waals surface area contributed by atoms with Crippen LogP contribution in [0.4, 0.5) is 39.4 Å². The number of carbonyl (C=O) groups excluding carboxylic acids is 1. The molecule has 1 aromatic carbocycles. The summed E-state index contributed by atoms with van der Waals surface area (Å²) in [5, 5.41) is 6.44. The SMILES string of the molecule is CC.Cc1c(F)c(N)cc(-c2nc3c4c(nc(N5CCC56COC(=O)C6)nc4c2F)NCCNCCC(C)O3)c1C(F)(F)F. The van der Waals surface area contributed by atoms with Gasteiger partial charge in [0.1, 0.15) is 34.8 Å². The lowest BCUT2D eigenvalue weighted by atomic mass is 9.84. The van der Waals surface area contributed by atoms with Crippen molar-refractivity contribution < 1.29 is 36.2 Å². The number of alkyl halides is 3. The number of aromatic nitrogens is 3. The fraction of sp³-hybridized carbons (Fsp3) is 0.517. The van der Waals surface area contributed by atoms with Gasteiger partial charge in [-0.1, -0.05) is 13.8 Å². The van der Waals surface area contributed by atoms with E-state index in [4.69, 9.17) is 15.2 Å². The number of benzene rings is 1. The predicted molar refractivity (Wildman–Crippen MR) is 155 cm³/mol. The van der Waals surface area contributed by atoms with Crippen LogP contribution in [0.2, 0.25) is 0 Å². The average molecular weight is 624 g/mol. The molecule has 0 saturated carbocycles. The van der Waals surface area contributed by atoms with Crippen molar-refractivity contribution in [3.8, 4) is 17.1 Å². The van der Waals surface area contributed by atoms with E-state index in [0.717, 1.165) is 13.0 Å². The smallest absolute Gasteiger partial charge is 0.417 e. The molecule has 15 heteroatoms. The Balaban J connectivity index is 0.00000188. The molecule has 2 unspecified atom stereocenters. The van der Waals surface area contributed by atoms with Crippen molar-refractivity contribution >= 4 is 34.3 Å². The summed E-state index contributed by atoms with van der Waals surface area (Å²) < 4.78 is 85.2. The largest absolute Gasteiger partial charge is 0.474 e. The summed E-state index contributed by atoms with van der Waals surface area (Å²) in [6, 6.07) is 0.723. The highest BCUT2D eigenvalue weighted by atomic mass is 19.4. The average Bonchev–Trinajstić information content (AvgIpc) is 3.37. The molecule has 44 heavy (non-hydrogen) atoms. The number of nitrogen functional groups attached to an aromatic ring is 1. The number of esters is 1. The molecule has 3 aliphatic heterocycles. The van der Waals surface area contributed by atoms with Gasteiger partial charge in [-0.3, -0.25) is 4.79 Å². The highest BCUT2D eigenvalue weighted by Gasteiger charge is 2.53. The van der Waals surface area contributed by atoms with Gasteiger partial charge in [0.2, 0.25) is 11.8 Å². The van der Waals surface area contributed by atoms with Crippen LogP contribution >= 0.6 is 0 Å². The molecular weight excluding hydrogens is 589 g/mol. The molecular formula is C29H34F5N7O3. The molecule has 2 saturated heterocycles. The molecule has 0 amide bonds. The van der Waals surface area contributed by atoms with E-state index < -0.39 is 57.5 Å². The second kappa shape index (κ2) is 11.8. The summed E-state index contributed by atoms with van der Waals surface area (Å²) in [7, 11) is 0. The molecule has 0 radical (unpaired) electrons. The molecule has 6 rings (SSSR count). The van der Waals surface area contributed by atoms with E-state index in [2.05, 4.69) is 25.6 Å². The highest BCUT2D eigenvalue weighted by molar-refractivity contribution is 5.97. The van der Waals surface area contributed by atoms with Crippen molar-refractivity contribution in [3.63, 3.8) is 0 Å². The van der Waals surface area contributed by atoms with Gasteiger partial charge in [0.25, 0.3) is 0 Å². The summed E-state index contributed by atoms with van der Waals surface area (Å²) in [6.45, 7) is 8.73. The third-order valence-electron chi connectivity index (χ3n) is 8.03. The first-order valence-electron chi connectivity index (χ1n) is 14.5. The number of rotatable bonds is 2. The van der Waals surface area contributed by atoms with Crippen LogP contribution in [0.1, 0.15) is 51.2 Å². The lowest BCUT2D eigenvalue weighted by Gasteiger charge is -2.48. The van der Waals surface area contributed by atoms with Crippen molar-refractivity contribution in [3.05, 3.63) is 28.8 Å². The number of cyclic esters (lactones) is 1. The first-order valence-corrected chi connectivity index (χ1v) is 14.5. The number of hydrogen-bond donors (Lipinski definition) is 3. The van der Waals surface area contributed by atoms with E-state index in [1.165, 1.54) is 0 Å². The second-order valence-corrected chi connectivity index (χ2v) is 10.9. The molecule has 3 aromatic rings. The van der Waals surface area contributed by atoms with Crippen molar-refractivity contribution in [1.82, 2.24) is 20.3 Å². The Morgan fingerprint density at radius 1 is 1.11 bits per heavy atom. The van der Waals surface area contributed by atoms with Gasteiger partial charge >= 0.3 is 12.1 Å². The number of pyridine rings is 1. The van der Waals surface area contributed by atoms with Gasteiger partial charge in [0.15, 0.2) is 5.82 Å². The minimum atomic E-state index is -5.06. The summed E-state index contributed by atoms with van der Waals surface area (Å²) in [4.78, 5) is 27.0. The van der Waals surface area contributed by atoms with Gasteiger partial charge in [0.05, 0.1) is 29.3 Å². The van der Waals surface area contributed by atoms with Crippen LogP contribution in [0.5, 0.6) is 5.88 Å². The number of halogens is 5. The Labute approximate surface area is 250 Å². The third-order valence-corrected chi connectivity index (χ3v) is 8.03. The molecule has 3 aliphatic rings. The number of hydrogen-bond acceptors (Lipinski definition) is 10. The van der Waals surface area contributed by atoms with Crippen LogP contribution in [-0.4, -0.2) is 65.4 Å². The minimum Gasteiger partial charge on any atom is -0.474 e. The monoisotopic (exact) mass is 623 g/mol. The Hall–Kier alpha value is -4.01. The molecule has 2 fully saturated rings. The van der Waals surface area contributed by atoms with E-state index in [9.17, 15) is 22.4 Å². The van der Waals surface area contributed by atoms with E-state index in [-0.39, 0.29) is 47.5 Å². The second-order valence-electron chi connectivity index (χ2n) is 10.9. The van der Waals surface area contributed by atoms with Crippen LogP contribution in [-0.2, 0) is 15.7 Å². The highest BCUT2D eigenvalue weighted by Crippen LogP contribution is 2.46.